The zero-order valence-corrected chi connectivity index (χ0v) is 6.98. The van der Waals surface area contributed by atoms with Crippen LogP contribution in [0.1, 0.15) is 20.3 Å². The van der Waals surface area contributed by atoms with Gasteiger partial charge in [-0.15, -0.1) is 0 Å². The molecule has 60 valence electrons. The molecule has 2 heteroatoms. The minimum Gasteiger partial charge on any atom is -0.316 e. The van der Waals surface area contributed by atoms with E-state index in [0.717, 1.165) is 12.5 Å². The molecule has 1 unspecified atom stereocenters. The Kier molecular flexibility index (Phi) is 3.16. The summed E-state index contributed by atoms with van der Waals surface area (Å²) in [6.45, 7) is 7.95. The third kappa shape index (κ3) is 1.96. The van der Waals surface area contributed by atoms with Crippen molar-refractivity contribution in [2.24, 2.45) is 5.92 Å². The SMILES string of the molecule is CCN[C@H](C)C1CCNC1. The van der Waals surface area contributed by atoms with E-state index in [2.05, 4.69) is 24.5 Å². The van der Waals surface area contributed by atoms with Crippen LogP contribution >= 0.6 is 0 Å². The standard InChI is InChI=1S/C8H18N2/c1-3-10-7(2)8-4-5-9-6-8/h7-10H,3-6H2,1-2H3/t7-,8?/m1/s1. The Hall–Kier alpha value is -0.0800. The Morgan fingerprint density at radius 3 is 3.00 bits per heavy atom. The van der Waals surface area contributed by atoms with Crippen molar-refractivity contribution < 1.29 is 0 Å². The smallest absolute Gasteiger partial charge is 0.00794 e. The van der Waals surface area contributed by atoms with Gasteiger partial charge in [0.25, 0.3) is 0 Å². The summed E-state index contributed by atoms with van der Waals surface area (Å²) in [5, 5.41) is 6.82. The van der Waals surface area contributed by atoms with E-state index in [1.807, 2.05) is 0 Å². The van der Waals surface area contributed by atoms with Gasteiger partial charge in [0.05, 0.1) is 0 Å². The highest BCUT2D eigenvalue weighted by Gasteiger charge is 2.19. The molecule has 1 aliphatic rings. The summed E-state index contributed by atoms with van der Waals surface area (Å²) >= 11 is 0. The summed E-state index contributed by atoms with van der Waals surface area (Å²) in [6, 6.07) is 0.694. The van der Waals surface area contributed by atoms with Crippen LogP contribution in [0.25, 0.3) is 0 Å². The molecule has 0 saturated carbocycles. The van der Waals surface area contributed by atoms with E-state index in [-0.39, 0.29) is 0 Å². The highest BCUT2D eigenvalue weighted by Crippen LogP contribution is 2.11. The van der Waals surface area contributed by atoms with Gasteiger partial charge in [0.2, 0.25) is 0 Å². The quantitative estimate of drug-likeness (QED) is 0.603. The second-order valence-electron chi connectivity index (χ2n) is 3.10. The van der Waals surface area contributed by atoms with Crippen molar-refractivity contribution in [2.45, 2.75) is 26.3 Å². The lowest BCUT2D eigenvalue weighted by molar-refractivity contribution is 0.408. The van der Waals surface area contributed by atoms with Crippen molar-refractivity contribution in [3.8, 4) is 0 Å². The maximum absolute atomic E-state index is 3.45. The van der Waals surface area contributed by atoms with E-state index in [4.69, 9.17) is 0 Å². The largest absolute Gasteiger partial charge is 0.316 e. The molecule has 1 rings (SSSR count). The Balaban J connectivity index is 2.18. The van der Waals surface area contributed by atoms with Gasteiger partial charge in [-0.2, -0.15) is 0 Å². The first-order chi connectivity index (χ1) is 4.84. The maximum atomic E-state index is 3.45. The lowest BCUT2D eigenvalue weighted by Crippen LogP contribution is -2.34. The van der Waals surface area contributed by atoms with Gasteiger partial charge in [-0.3, -0.25) is 0 Å². The van der Waals surface area contributed by atoms with E-state index < -0.39 is 0 Å². The Bertz CT molecular complexity index is 87.3. The average Bonchev–Trinajstić information content (AvgIpc) is 2.38. The molecule has 0 aliphatic carbocycles. The second kappa shape index (κ2) is 3.94. The third-order valence-corrected chi connectivity index (χ3v) is 2.33. The number of hydrogen-bond donors (Lipinski definition) is 2. The molecule has 0 aromatic rings. The highest BCUT2D eigenvalue weighted by molar-refractivity contribution is 4.79. The molecule has 1 fully saturated rings. The van der Waals surface area contributed by atoms with E-state index in [1.165, 1.54) is 19.5 Å². The van der Waals surface area contributed by atoms with E-state index in [9.17, 15) is 0 Å². The van der Waals surface area contributed by atoms with Gasteiger partial charge in [0.1, 0.15) is 0 Å². The zero-order chi connectivity index (χ0) is 7.40. The van der Waals surface area contributed by atoms with Gasteiger partial charge in [-0.1, -0.05) is 6.92 Å². The molecule has 1 heterocycles. The first-order valence-corrected chi connectivity index (χ1v) is 4.28. The van der Waals surface area contributed by atoms with E-state index in [0.29, 0.717) is 6.04 Å². The third-order valence-electron chi connectivity index (χ3n) is 2.33. The first kappa shape index (κ1) is 8.02. The molecular formula is C8H18N2. The molecule has 1 saturated heterocycles. The lowest BCUT2D eigenvalue weighted by atomic mass is 10.0. The molecule has 2 nitrogen and oxygen atoms in total. The minimum atomic E-state index is 0.694. The van der Waals surface area contributed by atoms with Gasteiger partial charge in [0.15, 0.2) is 0 Å². The second-order valence-corrected chi connectivity index (χ2v) is 3.10. The number of hydrogen-bond acceptors (Lipinski definition) is 2. The minimum absolute atomic E-state index is 0.694. The van der Waals surface area contributed by atoms with Crippen LogP contribution < -0.4 is 10.6 Å². The Morgan fingerprint density at radius 2 is 2.50 bits per heavy atom. The Labute approximate surface area is 63.4 Å². The molecule has 0 aromatic carbocycles. The molecule has 1 aliphatic heterocycles. The van der Waals surface area contributed by atoms with Gasteiger partial charge in [0, 0.05) is 6.04 Å². The summed E-state index contributed by atoms with van der Waals surface area (Å²) in [4.78, 5) is 0. The summed E-state index contributed by atoms with van der Waals surface area (Å²) in [5.41, 5.74) is 0. The fourth-order valence-corrected chi connectivity index (χ4v) is 1.59. The predicted octanol–water partition coefficient (Wildman–Crippen LogP) is 0.594. The van der Waals surface area contributed by atoms with Crippen LogP contribution in [0.3, 0.4) is 0 Å². The number of rotatable bonds is 3. The lowest BCUT2D eigenvalue weighted by Gasteiger charge is -2.18. The van der Waals surface area contributed by atoms with Crippen molar-refractivity contribution in [1.82, 2.24) is 10.6 Å². The van der Waals surface area contributed by atoms with Crippen molar-refractivity contribution in [2.75, 3.05) is 19.6 Å². The zero-order valence-electron chi connectivity index (χ0n) is 6.98. The molecule has 0 spiro atoms. The van der Waals surface area contributed by atoms with Crippen LogP contribution in [0.15, 0.2) is 0 Å². The Morgan fingerprint density at radius 1 is 1.70 bits per heavy atom. The first-order valence-electron chi connectivity index (χ1n) is 4.28. The summed E-state index contributed by atoms with van der Waals surface area (Å²) < 4.78 is 0. The van der Waals surface area contributed by atoms with E-state index in [1.54, 1.807) is 0 Å². The normalized spacial score (nSPS) is 28.8. The van der Waals surface area contributed by atoms with Crippen molar-refractivity contribution >= 4 is 0 Å². The van der Waals surface area contributed by atoms with Crippen LogP contribution in [0, 0.1) is 5.92 Å². The number of nitrogens with one attached hydrogen (secondary N) is 2. The molecule has 0 amide bonds. The predicted molar refractivity (Wildman–Crippen MR) is 44.1 cm³/mol. The van der Waals surface area contributed by atoms with Gasteiger partial charge < -0.3 is 10.6 Å². The van der Waals surface area contributed by atoms with Gasteiger partial charge in [-0.05, 0) is 38.9 Å². The van der Waals surface area contributed by atoms with Crippen molar-refractivity contribution in [3.63, 3.8) is 0 Å². The van der Waals surface area contributed by atoms with Crippen LogP contribution in [0.4, 0.5) is 0 Å². The average molecular weight is 142 g/mol. The topological polar surface area (TPSA) is 24.1 Å². The molecular weight excluding hydrogens is 124 g/mol. The molecule has 10 heavy (non-hydrogen) atoms. The molecule has 0 bridgehead atoms. The highest BCUT2D eigenvalue weighted by atomic mass is 15.0. The monoisotopic (exact) mass is 142 g/mol. The maximum Gasteiger partial charge on any atom is 0.00794 e. The van der Waals surface area contributed by atoms with Gasteiger partial charge in [-0.25, -0.2) is 0 Å². The van der Waals surface area contributed by atoms with Crippen LogP contribution in [-0.4, -0.2) is 25.7 Å². The van der Waals surface area contributed by atoms with Crippen LogP contribution in [-0.2, 0) is 0 Å². The van der Waals surface area contributed by atoms with E-state index >= 15 is 0 Å². The summed E-state index contributed by atoms with van der Waals surface area (Å²) in [7, 11) is 0. The molecule has 2 N–H and O–H groups in total. The van der Waals surface area contributed by atoms with Crippen LogP contribution in [0.2, 0.25) is 0 Å². The molecule has 0 radical (unpaired) electrons. The summed E-state index contributed by atoms with van der Waals surface area (Å²) in [6.07, 6.45) is 1.34. The fraction of sp³-hybridized carbons (Fsp3) is 1.00. The summed E-state index contributed by atoms with van der Waals surface area (Å²) in [5.74, 6) is 0.861. The van der Waals surface area contributed by atoms with Crippen LogP contribution in [0.5, 0.6) is 0 Å². The van der Waals surface area contributed by atoms with Crippen molar-refractivity contribution in [1.29, 1.82) is 0 Å². The fourth-order valence-electron chi connectivity index (χ4n) is 1.59. The van der Waals surface area contributed by atoms with Crippen molar-refractivity contribution in [3.05, 3.63) is 0 Å². The molecule has 2 atom stereocenters. The van der Waals surface area contributed by atoms with Gasteiger partial charge >= 0.3 is 0 Å². The molecule has 0 aromatic heterocycles.